The minimum Gasteiger partial charge on any atom is -0.324 e. The van der Waals surface area contributed by atoms with E-state index in [0.717, 1.165) is 20.1 Å². The van der Waals surface area contributed by atoms with Crippen LogP contribution in [0.2, 0.25) is 0 Å². The van der Waals surface area contributed by atoms with E-state index in [-0.39, 0.29) is 11.7 Å². The minimum absolute atomic E-state index is 0.0488. The molecule has 1 amide bonds. The number of rotatable bonds is 1. The molecule has 1 N–H and O–H groups in total. The van der Waals surface area contributed by atoms with Crippen molar-refractivity contribution in [2.75, 3.05) is 5.32 Å². The SMILES string of the molecule is CC(=O)Nc1c(Br)cc2c(c1Br)C(=O)c1cc(Br)ccc1-2. The van der Waals surface area contributed by atoms with Gasteiger partial charge in [0.25, 0.3) is 0 Å². The third-order valence-electron chi connectivity index (χ3n) is 3.26. The lowest BCUT2D eigenvalue weighted by atomic mass is 10.1. The summed E-state index contributed by atoms with van der Waals surface area (Å²) in [4.78, 5) is 23.9. The molecular weight excluding hydrogens is 466 g/mol. The summed E-state index contributed by atoms with van der Waals surface area (Å²) in [6, 6.07) is 7.50. The zero-order valence-electron chi connectivity index (χ0n) is 10.8. The molecule has 0 fully saturated rings. The highest BCUT2D eigenvalue weighted by molar-refractivity contribution is 9.11. The summed E-state index contributed by atoms with van der Waals surface area (Å²) in [7, 11) is 0. The molecule has 21 heavy (non-hydrogen) atoms. The molecule has 2 aromatic rings. The molecule has 106 valence electrons. The fourth-order valence-electron chi connectivity index (χ4n) is 2.42. The number of hydrogen-bond acceptors (Lipinski definition) is 2. The van der Waals surface area contributed by atoms with E-state index in [1.54, 1.807) is 0 Å². The van der Waals surface area contributed by atoms with Crippen LogP contribution < -0.4 is 5.32 Å². The highest BCUT2D eigenvalue weighted by Gasteiger charge is 2.31. The maximum absolute atomic E-state index is 12.6. The Kier molecular flexibility index (Phi) is 3.80. The summed E-state index contributed by atoms with van der Waals surface area (Å²) in [5, 5.41) is 2.74. The van der Waals surface area contributed by atoms with E-state index in [1.165, 1.54) is 6.92 Å². The average Bonchev–Trinajstić information content (AvgIpc) is 2.67. The Morgan fingerprint density at radius 1 is 1.05 bits per heavy atom. The molecule has 0 heterocycles. The van der Waals surface area contributed by atoms with Crippen LogP contribution in [0.3, 0.4) is 0 Å². The maximum atomic E-state index is 12.6. The van der Waals surface area contributed by atoms with Gasteiger partial charge in [0.15, 0.2) is 5.78 Å². The molecule has 1 aliphatic carbocycles. The van der Waals surface area contributed by atoms with Gasteiger partial charge in [-0.3, -0.25) is 9.59 Å². The van der Waals surface area contributed by atoms with Crippen LogP contribution in [-0.2, 0) is 4.79 Å². The fraction of sp³-hybridized carbons (Fsp3) is 0.0667. The molecule has 3 nitrogen and oxygen atoms in total. The number of ketones is 1. The van der Waals surface area contributed by atoms with Crippen LogP contribution in [0.15, 0.2) is 37.7 Å². The summed E-state index contributed by atoms with van der Waals surface area (Å²) in [6.07, 6.45) is 0. The number of carbonyl (C=O) groups is 2. The predicted octanol–water partition coefficient (Wildman–Crippen LogP) is 5.14. The van der Waals surface area contributed by atoms with Crippen molar-refractivity contribution in [3.05, 3.63) is 48.8 Å². The van der Waals surface area contributed by atoms with E-state index >= 15 is 0 Å². The second kappa shape index (κ2) is 5.34. The van der Waals surface area contributed by atoms with Crippen molar-refractivity contribution >= 4 is 65.2 Å². The number of hydrogen-bond donors (Lipinski definition) is 1. The third-order valence-corrected chi connectivity index (χ3v) is 5.17. The van der Waals surface area contributed by atoms with Gasteiger partial charge in [0.1, 0.15) is 0 Å². The average molecular weight is 474 g/mol. The molecule has 0 aliphatic heterocycles. The minimum atomic E-state index is -0.193. The summed E-state index contributed by atoms with van der Waals surface area (Å²) in [6.45, 7) is 1.43. The van der Waals surface area contributed by atoms with Gasteiger partial charge in [-0.2, -0.15) is 0 Å². The Morgan fingerprint density at radius 3 is 2.43 bits per heavy atom. The maximum Gasteiger partial charge on any atom is 0.221 e. The monoisotopic (exact) mass is 471 g/mol. The molecule has 0 atom stereocenters. The highest BCUT2D eigenvalue weighted by atomic mass is 79.9. The molecule has 2 aromatic carbocycles. The Hall–Kier alpha value is -0.980. The lowest BCUT2D eigenvalue weighted by Gasteiger charge is -2.12. The van der Waals surface area contributed by atoms with E-state index in [2.05, 4.69) is 53.1 Å². The van der Waals surface area contributed by atoms with Crippen LogP contribution >= 0.6 is 47.8 Å². The van der Waals surface area contributed by atoms with Crippen LogP contribution in [0.4, 0.5) is 5.69 Å². The van der Waals surface area contributed by atoms with Crippen molar-refractivity contribution in [2.24, 2.45) is 0 Å². The van der Waals surface area contributed by atoms with Gasteiger partial charge in [-0.15, -0.1) is 0 Å². The second-order valence-electron chi connectivity index (χ2n) is 4.67. The summed E-state index contributed by atoms with van der Waals surface area (Å²) in [5.74, 6) is -0.241. The smallest absolute Gasteiger partial charge is 0.221 e. The first kappa shape index (κ1) is 14.9. The quantitative estimate of drug-likeness (QED) is 0.531. The van der Waals surface area contributed by atoms with Crippen molar-refractivity contribution in [3.63, 3.8) is 0 Å². The Labute approximate surface area is 146 Å². The van der Waals surface area contributed by atoms with Crippen LogP contribution in [-0.4, -0.2) is 11.7 Å². The molecule has 0 unspecified atom stereocenters. The van der Waals surface area contributed by atoms with Gasteiger partial charge in [-0.1, -0.05) is 22.0 Å². The van der Waals surface area contributed by atoms with E-state index < -0.39 is 0 Å². The summed E-state index contributed by atoms with van der Waals surface area (Å²) >= 11 is 10.3. The van der Waals surface area contributed by atoms with Crippen LogP contribution in [0, 0.1) is 0 Å². The van der Waals surface area contributed by atoms with Crippen LogP contribution in [0.1, 0.15) is 22.8 Å². The van der Waals surface area contributed by atoms with Gasteiger partial charge in [-0.25, -0.2) is 0 Å². The largest absolute Gasteiger partial charge is 0.324 e. The molecule has 0 saturated carbocycles. The van der Waals surface area contributed by atoms with Gasteiger partial charge in [0.05, 0.1) is 10.2 Å². The molecule has 6 heteroatoms. The molecule has 3 rings (SSSR count). The molecule has 0 spiro atoms. The zero-order valence-corrected chi connectivity index (χ0v) is 15.5. The van der Waals surface area contributed by atoms with E-state index in [9.17, 15) is 9.59 Å². The van der Waals surface area contributed by atoms with Crippen molar-refractivity contribution in [1.82, 2.24) is 0 Å². The number of anilines is 1. The topological polar surface area (TPSA) is 46.2 Å². The zero-order chi connectivity index (χ0) is 15.3. The number of nitrogens with one attached hydrogen (secondary N) is 1. The van der Waals surface area contributed by atoms with E-state index in [0.29, 0.717) is 21.3 Å². The van der Waals surface area contributed by atoms with Crippen LogP contribution in [0.25, 0.3) is 11.1 Å². The number of benzene rings is 2. The van der Waals surface area contributed by atoms with Crippen molar-refractivity contribution in [2.45, 2.75) is 6.92 Å². The van der Waals surface area contributed by atoms with Crippen molar-refractivity contribution in [3.8, 4) is 11.1 Å². The summed E-state index contributed by atoms with van der Waals surface area (Å²) < 4.78 is 2.19. The third kappa shape index (κ3) is 2.39. The molecular formula is C15H8Br3NO2. The highest BCUT2D eigenvalue weighted by Crippen LogP contribution is 2.46. The Balaban J connectivity index is 2.28. The molecule has 0 aromatic heterocycles. The number of carbonyl (C=O) groups excluding carboxylic acids is 2. The van der Waals surface area contributed by atoms with Crippen molar-refractivity contribution < 1.29 is 9.59 Å². The first-order valence-corrected chi connectivity index (χ1v) is 8.42. The molecule has 0 radical (unpaired) electrons. The van der Waals surface area contributed by atoms with Crippen molar-refractivity contribution in [1.29, 1.82) is 0 Å². The van der Waals surface area contributed by atoms with E-state index in [4.69, 9.17) is 0 Å². The predicted molar refractivity (Wildman–Crippen MR) is 92.7 cm³/mol. The van der Waals surface area contributed by atoms with Gasteiger partial charge < -0.3 is 5.32 Å². The number of halogens is 3. The van der Waals surface area contributed by atoms with Crippen LogP contribution in [0.5, 0.6) is 0 Å². The molecule has 0 saturated heterocycles. The lowest BCUT2D eigenvalue weighted by Crippen LogP contribution is -2.09. The second-order valence-corrected chi connectivity index (χ2v) is 7.23. The van der Waals surface area contributed by atoms with E-state index in [1.807, 2.05) is 24.3 Å². The number of amides is 1. The lowest BCUT2D eigenvalue weighted by molar-refractivity contribution is -0.114. The summed E-state index contributed by atoms with van der Waals surface area (Å²) in [5.41, 5.74) is 3.56. The first-order valence-electron chi connectivity index (χ1n) is 6.04. The Bertz CT molecular complexity index is 815. The first-order chi connectivity index (χ1) is 9.90. The van der Waals surface area contributed by atoms with Gasteiger partial charge >= 0.3 is 0 Å². The standard InChI is InChI=1S/C15H8Br3NO2/c1-6(20)19-14-11(17)5-9-8-3-2-7(16)4-10(8)15(21)12(9)13(14)18/h2-5H,1H3,(H,19,20). The van der Waals surface area contributed by atoms with Gasteiger partial charge in [0.2, 0.25) is 5.91 Å². The fourth-order valence-corrected chi connectivity index (χ4v) is 4.28. The molecule has 0 bridgehead atoms. The normalized spacial score (nSPS) is 12.1. The van der Waals surface area contributed by atoms with Gasteiger partial charge in [0, 0.05) is 27.0 Å². The van der Waals surface area contributed by atoms with Gasteiger partial charge in [-0.05, 0) is 61.2 Å². The Morgan fingerprint density at radius 2 is 1.76 bits per heavy atom. The molecule has 1 aliphatic rings. The number of fused-ring (bicyclic) bond motifs is 3.